The summed E-state index contributed by atoms with van der Waals surface area (Å²) < 4.78 is 0. The maximum absolute atomic E-state index is 11.8. The molecule has 0 radical (unpaired) electrons. The van der Waals surface area contributed by atoms with E-state index in [4.69, 9.17) is 0 Å². The van der Waals surface area contributed by atoms with Crippen LogP contribution in [0.5, 0.6) is 0 Å². The zero-order valence-electron chi connectivity index (χ0n) is 12.1. The average Bonchev–Trinajstić information content (AvgIpc) is 2.40. The van der Waals surface area contributed by atoms with Gasteiger partial charge in [-0.1, -0.05) is 6.92 Å². The van der Waals surface area contributed by atoms with Crippen LogP contribution < -0.4 is 5.32 Å². The van der Waals surface area contributed by atoms with E-state index in [1.165, 1.54) is 4.90 Å². The molecule has 18 heavy (non-hydrogen) atoms. The summed E-state index contributed by atoms with van der Waals surface area (Å²) in [5.74, 6) is 0.287. The van der Waals surface area contributed by atoms with Gasteiger partial charge in [-0.2, -0.15) is 0 Å². The van der Waals surface area contributed by atoms with Gasteiger partial charge in [-0.3, -0.25) is 14.5 Å². The summed E-state index contributed by atoms with van der Waals surface area (Å²) in [6.45, 7) is 9.78. The molecule has 1 rings (SSSR count). The third-order valence-electron chi connectivity index (χ3n) is 3.11. The first kappa shape index (κ1) is 15.2. The number of amides is 2. The molecule has 1 heterocycles. The Hall–Kier alpha value is -0.900. The lowest BCUT2D eigenvalue weighted by Gasteiger charge is -2.27. The van der Waals surface area contributed by atoms with Crippen LogP contribution in [0.2, 0.25) is 0 Å². The quantitative estimate of drug-likeness (QED) is 0.780. The van der Waals surface area contributed by atoms with E-state index in [9.17, 15) is 9.59 Å². The lowest BCUT2D eigenvalue weighted by atomic mass is 10.1. The molecule has 0 saturated carbocycles. The monoisotopic (exact) mass is 254 g/mol. The first-order chi connectivity index (χ1) is 8.29. The van der Waals surface area contributed by atoms with E-state index in [1.54, 1.807) is 0 Å². The molecule has 1 aliphatic rings. The van der Waals surface area contributed by atoms with E-state index in [0.717, 1.165) is 19.4 Å². The number of carbonyl (C=O) groups excluding carboxylic acids is 2. The van der Waals surface area contributed by atoms with Crippen molar-refractivity contribution in [1.29, 1.82) is 0 Å². The van der Waals surface area contributed by atoms with Crippen molar-refractivity contribution in [2.24, 2.45) is 5.92 Å². The Morgan fingerprint density at radius 1 is 1.17 bits per heavy atom. The normalized spacial score (nSPS) is 19.9. The molecule has 2 amide bonds. The van der Waals surface area contributed by atoms with Crippen molar-refractivity contribution in [3.05, 3.63) is 0 Å². The van der Waals surface area contributed by atoms with Gasteiger partial charge >= 0.3 is 0 Å². The van der Waals surface area contributed by atoms with Gasteiger partial charge in [0.1, 0.15) is 0 Å². The minimum absolute atomic E-state index is 0.000101. The molecule has 0 aromatic heterocycles. The van der Waals surface area contributed by atoms with Crippen molar-refractivity contribution in [2.75, 3.05) is 13.1 Å². The van der Waals surface area contributed by atoms with Crippen molar-refractivity contribution >= 4 is 11.8 Å². The number of carbonyl (C=O) groups is 2. The van der Waals surface area contributed by atoms with Crippen molar-refractivity contribution in [3.63, 3.8) is 0 Å². The highest BCUT2D eigenvalue weighted by atomic mass is 16.2. The predicted octanol–water partition coefficient (Wildman–Crippen LogP) is 1.94. The fourth-order valence-electron chi connectivity index (χ4n) is 2.02. The molecule has 0 aromatic carbocycles. The van der Waals surface area contributed by atoms with Crippen LogP contribution in [-0.2, 0) is 9.59 Å². The van der Waals surface area contributed by atoms with Crippen LogP contribution in [0.25, 0.3) is 0 Å². The number of hydrogen-bond acceptors (Lipinski definition) is 3. The van der Waals surface area contributed by atoms with Crippen molar-refractivity contribution in [1.82, 2.24) is 10.2 Å². The molecule has 4 heteroatoms. The summed E-state index contributed by atoms with van der Waals surface area (Å²) >= 11 is 0. The van der Waals surface area contributed by atoms with E-state index in [1.807, 2.05) is 0 Å². The van der Waals surface area contributed by atoms with E-state index < -0.39 is 0 Å². The summed E-state index contributed by atoms with van der Waals surface area (Å²) in [4.78, 5) is 25.2. The topological polar surface area (TPSA) is 49.4 Å². The van der Waals surface area contributed by atoms with Crippen LogP contribution in [0, 0.1) is 5.92 Å². The predicted molar refractivity (Wildman–Crippen MR) is 72.1 cm³/mol. The standard InChI is InChI=1S/C14H26N2O2/c1-11(9-15-14(2,3)4)10-16-12(17)7-5-6-8-13(16)18/h11,15H,5-10H2,1-4H3. The first-order valence-electron chi connectivity index (χ1n) is 6.88. The SMILES string of the molecule is CC(CNC(C)(C)C)CN1C(=O)CCCCC1=O. The second kappa shape index (κ2) is 6.32. The van der Waals surface area contributed by atoms with Crippen LogP contribution in [-0.4, -0.2) is 35.3 Å². The Morgan fingerprint density at radius 2 is 1.67 bits per heavy atom. The van der Waals surface area contributed by atoms with E-state index in [-0.39, 0.29) is 23.3 Å². The number of nitrogens with one attached hydrogen (secondary N) is 1. The van der Waals surface area contributed by atoms with Crippen LogP contribution in [0.3, 0.4) is 0 Å². The summed E-state index contributed by atoms with van der Waals surface area (Å²) in [6.07, 6.45) is 2.72. The fraction of sp³-hybridized carbons (Fsp3) is 0.857. The molecule has 0 aromatic rings. The van der Waals surface area contributed by atoms with E-state index >= 15 is 0 Å². The molecule has 0 spiro atoms. The molecule has 1 fully saturated rings. The third kappa shape index (κ3) is 5.17. The van der Waals surface area contributed by atoms with E-state index in [2.05, 4.69) is 33.0 Å². The zero-order valence-corrected chi connectivity index (χ0v) is 12.1. The van der Waals surface area contributed by atoms with Gasteiger partial charge in [0.05, 0.1) is 0 Å². The molecule has 1 aliphatic heterocycles. The van der Waals surface area contributed by atoms with Gasteiger partial charge in [0.2, 0.25) is 11.8 Å². The Kier molecular flexibility index (Phi) is 5.32. The van der Waals surface area contributed by atoms with Gasteiger partial charge in [-0.05, 0) is 46.1 Å². The number of rotatable bonds is 4. The number of nitrogens with zero attached hydrogens (tertiary/aromatic N) is 1. The summed E-state index contributed by atoms with van der Waals surface area (Å²) in [5.41, 5.74) is 0.0705. The molecule has 1 N–H and O–H groups in total. The highest BCUT2D eigenvalue weighted by Gasteiger charge is 2.25. The average molecular weight is 254 g/mol. The minimum Gasteiger partial charge on any atom is -0.312 e. The molecule has 1 unspecified atom stereocenters. The molecule has 104 valence electrons. The largest absolute Gasteiger partial charge is 0.312 e. The van der Waals surface area contributed by atoms with Crippen LogP contribution in [0.1, 0.15) is 53.4 Å². The zero-order chi connectivity index (χ0) is 13.8. The molecule has 0 aliphatic carbocycles. The van der Waals surface area contributed by atoms with Gasteiger partial charge in [-0.15, -0.1) is 0 Å². The van der Waals surface area contributed by atoms with Crippen LogP contribution in [0.15, 0.2) is 0 Å². The van der Waals surface area contributed by atoms with Gasteiger partial charge in [0.15, 0.2) is 0 Å². The lowest BCUT2D eigenvalue weighted by Crippen LogP contribution is -2.44. The van der Waals surface area contributed by atoms with Gasteiger partial charge in [0, 0.05) is 24.9 Å². The van der Waals surface area contributed by atoms with Crippen LogP contribution in [0.4, 0.5) is 0 Å². The van der Waals surface area contributed by atoms with Gasteiger partial charge in [-0.25, -0.2) is 0 Å². The highest BCUT2D eigenvalue weighted by Crippen LogP contribution is 2.14. The molecular weight excluding hydrogens is 228 g/mol. The molecule has 0 bridgehead atoms. The number of hydrogen-bond donors (Lipinski definition) is 1. The molecular formula is C14H26N2O2. The molecule has 4 nitrogen and oxygen atoms in total. The fourth-order valence-corrected chi connectivity index (χ4v) is 2.02. The molecule has 1 atom stereocenters. The Bertz CT molecular complexity index is 289. The Balaban J connectivity index is 2.48. The second-order valence-corrected chi connectivity index (χ2v) is 6.34. The van der Waals surface area contributed by atoms with Crippen molar-refractivity contribution < 1.29 is 9.59 Å². The summed E-state index contributed by atoms with van der Waals surface area (Å²) in [7, 11) is 0. The van der Waals surface area contributed by atoms with E-state index in [0.29, 0.717) is 19.4 Å². The van der Waals surface area contributed by atoms with Crippen molar-refractivity contribution in [3.8, 4) is 0 Å². The smallest absolute Gasteiger partial charge is 0.229 e. The van der Waals surface area contributed by atoms with Gasteiger partial charge < -0.3 is 5.32 Å². The maximum atomic E-state index is 11.8. The highest BCUT2D eigenvalue weighted by molar-refractivity contribution is 5.96. The number of likely N-dealkylation sites (tertiary alicyclic amines) is 1. The van der Waals surface area contributed by atoms with Crippen molar-refractivity contribution in [2.45, 2.75) is 58.9 Å². The second-order valence-electron chi connectivity index (χ2n) is 6.34. The first-order valence-corrected chi connectivity index (χ1v) is 6.88. The summed E-state index contributed by atoms with van der Waals surface area (Å²) in [6, 6.07) is 0. The number of imide groups is 1. The van der Waals surface area contributed by atoms with Crippen LogP contribution >= 0.6 is 0 Å². The minimum atomic E-state index is 0.000101. The lowest BCUT2D eigenvalue weighted by molar-refractivity contribution is -0.144. The third-order valence-corrected chi connectivity index (χ3v) is 3.11. The Labute approximate surface area is 110 Å². The Morgan fingerprint density at radius 3 is 2.11 bits per heavy atom. The maximum Gasteiger partial charge on any atom is 0.229 e. The molecule has 1 saturated heterocycles. The summed E-state index contributed by atoms with van der Waals surface area (Å²) in [5, 5.41) is 3.41. The van der Waals surface area contributed by atoms with Gasteiger partial charge in [0.25, 0.3) is 0 Å².